The average Bonchev–Trinajstić information content (AvgIpc) is 3.01. The second-order valence-electron chi connectivity index (χ2n) is 12.9. The lowest BCUT2D eigenvalue weighted by atomic mass is 9.85. The van der Waals surface area contributed by atoms with Crippen LogP contribution in [0.1, 0.15) is 60.9 Å². The number of benzene rings is 4. The van der Waals surface area contributed by atoms with Gasteiger partial charge in [0.25, 0.3) is 0 Å². The SMILES string of the molecule is Cc1cc(Cl)c(OCCOc2ccc(CC(CN(C(=O)O)C(C)(C)C)c3ccc(-c4ccccc4CCCO)cc3C)cc2)c(Cl)c1. The quantitative estimate of drug-likeness (QED) is 0.130. The molecule has 1 amide bonds. The van der Waals surface area contributed by atoms with Gasteiger partial charge in [-0.15, -0.1) is 0 Å². The number of carboxylic acid groups (broad SMARTS) is 1. The number of rotatable bonds is 14. The van der Waals surface area contributed by atoms with Crippen molar-refractivity contribution >= 4 is 29.3 Å². The maximum Gasteiger partial charge on any atom is 0.407 e. The van der Waals surface area contributed by atoms with E-state index in [1.54, 1.807) is 0 Å². The summed E-state index contributed by atoms with van der Waals surface area (Å²) < 4.78 is 11.7. The monoisotopic (exact) mass is 677 g/mol. The molecule has 0 spiro atoms. The van der Waals surface area contributed by atoms with Gasteiger partial charge in [-0.2, -0.15) is 0 Å². The zero-order valence-corrected chi connectivity index (χ0v) is 29.4. The first kappa shape index (κ1) is 36.1. The summed E-state index contributed by atoms with van der Waals surface area (Å²) >= 11 is 12.6. The van der Waals surface area contributed by atoms with Gasteiger partial charge in [-0.3, -0.25) is 0 Å². The van der Waals surface area contributed by atoms with Crippen LogP contribution in [0, 0.1) is 13.8 Å². The molecule has 0 radical (unpaired) electrons. The second-order valence-corrected chi connectivity index (χ2v) is 13.7. The first-order valence-electron chi connectivity index (χ1n) is 16.0. The minimum Gasteiger partial charge on any atom is -0.490 e. The predicted molar refractivity (Wildman–Crippen MR) is 192 cm³/mol. The van der Waals surface area contributed by atoms with Gasteiger partial charge in [0.05, 0.1) is 10.0 Å². The Morgan fingerprint density at radius 2 is 1.55 bits per heavy atom. The van der Waals surface area contributed by atoms with Crippen molar-refractivity contribution in [3.8, 4) is 22.6 Å². The molecule has 0 saturated heterocycles. The molecule has 4 aromatic rings. The standard InChI is InChI=1S/C39H45Cl2NO5/c1-26-21-35(40)37(36(41)22-26)47-20-19-46-32-15-12-28(13-16-32)24-31(25-42(38(44)45)39(3,4)5)33-17-14-30(23-27(33)2)34-11-7-6-9-29(34)10-8-18-43/h6-7,9,11-17,21-23,31,43H,8,10,18-20,24-25H2,1-5H3,(H,44,45). The van der Waals surface area contributed by atoms with E-state index in [9.17, 15) is 15.0 Å². The summed E-state index contributed by atoms with van der Waals surface area (Å²) in [6.45, 7) is 10.9. The molecule has 4 aromatic carbocycles. The first-order chi connectivity index (χ1) is 22.4. The van der Waals surface area contributed by atoms with Crippen LogP contribution >= 0.6 is 23.2 Å². The zero-order chi connectivity index (χ0) is 34.1. The summed E-state index contributed by atoms with van der Waals surface area (Å²) in [6, 6.07) is 26.3. The van der Waals surface area contributed by atoms with E-state index in [0.29, 0.717) is 47.5 Å². The van der Waals surface area contributed by atoms with Crippen molar-refractivity contribution in [3.05, 3.63) is 117 Å². The highest BCUT2D eigenvalue weighted by molar-refractivity contribution is 6.37. The molecule has 8 heteroatoms. The lowest BCUT2D eigenvalue weighted by molar-refractivity contribution is 0.0956. The van der Waals surface area contributed by atoms with E-state index < -0.39 is 11.6 Å². The molecule has 4 rings (SSSR count). The summed E-state index contributed by atoms with van der Waals surface area (Å²) in [6.07, 6.45) is 1.23. The topological polar surface area (TPSA) is 79.2 Å². The number of aliphatic hydroxyl groups is 1. The molecule has 250 valence electrons. The fraction of sp³-hybridized carbons (Fsp3) is 0.359. The van der Waals surface area contributed by atoms with Crippen LogP contribution in [-0.4, -0.2) is 53.1 Å². The number of hydrogen-bond donors (Lipinski definition) is 2. The number of nitrogens with zero attached hydrogens (tertiary/aromatic N) is 1. The maximum absolute atomic E-state index is 12.4. The molecular weight excluding hydrogens is 633 g/mol. The summed E-state index contributed by atoms with van der Waals surface area (Å²) in [5, 5.41) is 20.5. The molecule has 47 heavy (non-hydrogen) atoms. The van der Waals surface area contributed by atoms with Crippen molar-refractivity contribution in [3.63, 3.8) is 0 Å². The van der Waals surface area contributed by atoms with Crippen LogP contribution in [0.2, 0.25) is 10.0 Å². The largest absolute Gasteiger partial charge is 0.490 e. The van der Waals surface area contributed by atoms with Gasteiger partial charge in [0.15, 0.2) is 5.75 Å². The van der Waals surface area contributed by atoms with E-state index in [0.717, 1.165) is 39.8 Å². The van der Waals surface area contributed by atoms with Crippen molar-refractivity contribution in [2.24, 2.45) is 0 Å². The molecule has 1 atom stereocenters. The number of aryl methyl sites for hydroxylation is 3. The van der Waals surface area contributed by atoms with Crippen LogP contribution in [0.5, 0.6) is 11.5 Å². The molecule has 0 aromatic heterocycles. The molecular formula is C39H45Cl2NO5. The Hall–Kier alpha value is -3.71. The van der Waals surface area contributed by atoms with E-state index >= 15 is 0 Å². The molecule has 0 heterocycles. The predicted octanol–water partition coefficient (Wildman–Crippen LogP) is 9.76. The molecule has 0 fully saturated rings. The minimum absolute atomic E-state index is 0.0758. The summed E-state index contributed by atoms with van der Waals surface area (Å²) in [5.74, 6) is 1.08. The van der Waals surface area contributed by atoms with Gasteiger partial charge in [-0.05, 0) is 117 Å². The van der Waals surface area contributed by atoms with Crippen molar-refractivity contribution in [1.82, 2.24) is 4.90 Å². The second kappa shape index (κ2) is 16.4. The third kappa shape index (κ3) is 9.90. The van der Waals surface area contributed by atoms with Gasteiger partial charge in [0.1, 0.15) is 19.0 Å². The van der Waals surface area contributed by atoms with E-state index in [2.05, 4.69) is 37.3 Å². The van der Waals surface area contributed by atoms with Crippen molar-refractivity contribution in [1.29, 1.82) is 0 Å². The number of carbonyl (C=O) groups is 1. The first-order valence-corrected chi connectivity index (χ1v) is 16.7. The van der Waals surface area contributed by atoms with Gasteiger partial charge in [-0.1, -0.05) is 77.8 Å². The third-order valence-electron chi connectivity index (χ3n) is 8.23. The van der Waals surface area contributed by atoms with E-state index in [-0.39, 0.29) is 19.1 Å². The average molecular weight is 679 g/mol. The number of aliphatic hydroxyl groups excluding tert-OH is 1. The normalized spacial score (nSPS) is 12.1. The molecule has 0 aliphatic rings. The fourth-order valence-corrected chi connectivity index (χ4v) is 6.56. The highest BCUT2D eigenvalue weighted by Gasteiger charge is 2.30. The Labute approximate surface area is 288 Å². The maximum atomic E-state index is 12.4. The Bertz CT molecular complexity index is 1630. The van der Waals surface area contributed by atoms with Gasteiger partial charge in [-0.25, -0.2) is 4.79 Å². The highest BCUT2D eigenvalue weighted by atomic mass is 35.5. The minimum atomic E-state index is -0.936. The van der Waals surface area contributed by atoms with Gasteiger partial charge >= 0.3 is 6.09 Å². The lowest BCUT2D eigenvalue weighted by Crippen LogP contribution is -2.47. The van der Waals surface area contributed by atoms with Crippen molar-refractivity contribution in [2.75, 3.05) is 26.4 Å². The molecule has 0 bridgehead atoms. The Balaban J connectivity index is 1.51. The van der Waals surface area contributed by atoms with Gasteiger partial charge in [0, 0.05) is 24.6 Å². The van der Waals surface area contributed by atoms with Crippen LogP contribution in [0.4, 0.5) is 4.79 Å². The number of halogens is 2. The van der Waals surface area contributed by atoms with Crippen molar-refractivity contribution < 1.29 is 24.5 Å². The lowest BCUT2D eigenvalue weighted by Gasteiger charge is -2.36. The smallest absolute Gasteiger partial charge is 0.407 e. The van der Waals surface area contributed by atoms with Crippen LogP contribution < -0.4 is 9.47 Å². The fourth-order valence-electron chi connectivity index (χ4n) is 5.86. The third-order valence-corrected chi connectivity index (χ3v) is 8.79. The zero-order valence-electron chi connectivity index (χ0n) is 27.9. The van der Waals surface area contributed by atoms with Gasteiger partial charge in [0.2, 0.25) is 0 Å². The molecule has 0 saturated carbocycles. The Morgan fingerprint density at radius 1 is 0.894 bits per heavy atom. The van der Waals surface area contributed by atoms with Crippen LogP contribution in [0.3, 0.4) is 0 Å². The Kier molecular flexibility index (Phi) is 12.6. The highest BCUT2D eigenvalue weighted by Crippen LogP contribution is 2.35. The Morgan fingerprint density at radius 3 is 2.17 bits per heavy atom. The molecule has 1 unspecified atom stereocenters. The van der Waals surface area contributed by atoms with E-state index in [1.165, 1.54) is 10.5 Å². The molecule has 2 N–H and O–H groups in total. The van der Waals surface area contributed by atoms with E-state index in [1.807, 2.05) is 76.2 Å². The van der Waals surface area contributed by atoms with Crippen LogP contribution in [0.15, 0.2) is 78.9 Å². The summed E-state index contributed by atoms with van der Waals surface area (Å²) in [7, 11) is 0. The number of hydrogen-bond acceptors (Lipinski definition) is 4. The summed E-state index contributed by atoms with van der Waals surface area (Å²) in [5.41, 5.74) is 7.17. The molecule has 0 aliphatic carbocycles. The van der Waals surface area contributed by atoms with Crippen molar-refractivity contribution in [2.45, 2.75) is 65.3 Å². The van der Waals surface area contributed by atoms with E-state index in [4.69, 9.17) is 32.7 Å². The number of amides is 1. The summed E-state index contributed by atoms with van der Waals surface area (Å²) in [4.78, 5) is 13.9. The molecule has 0 aliphatic heterocycles. The molecule has 6 nitrogen and oxygen atoms in total. The van der Waals surface area contributed by atoms with Gasteiger partial charge < -0.3 is 24.6 Å². The van der Waals surface area contributed by atoms with Crippen LogP contribution in [-0.2, 0) is 12.8 Å². The van der Waals surface area contributed by atoms with Crippen LogP contribution in [0.25, 0.3) is 11.1 Å². The number of ether oxygens (including phenoxy) is 2.